The van der Waals surface area contributed by atoms with Crippen LogP contribution in [0.2, 0.25) is 0 Å². The lowest BCUT2D eigenvalue weighted by Gasteiger charge is -1.99. The zero-order valence-electron chi connectivity index (χ0n) is 8.42. The van der Waals surface area contributed by atoms with Gasteiger partial charge in [-0.2, -0.15) is 0 Å². The van der Waals surface area contributed by atoms with Crippen LogP contribution in [-0.4, -0.2) is 56.9 Å². The lowest BCUT2D eigenvalue weighted by atomic mass is 10.3. The molecule has 0 unspecified atom stereocenters. The summed E-state index contributed by atoms with van der Waals surface area (Å²) in [6.07, 6.45) is 0. The summed E-state index contributed by atoms with van der Waals surface area (Å²) in [5, 5.41) is 0. The maximum atomic E-state index is 10.6. The summed E-state index contributed by atoms with van der Waals surface area (Å²) < 4.78 is 0. The van der Waals surface area contributed by atoms with E-state index in [0.717, 1.165) is 12.1 Å². The summed E-state index contributed by atoms with van der Waals surface area (Å²) in [5.74, 6) is 0.188. The van der Waals surface area contributed by atoms with Gasteiger partial charge in [0.25, 0.3) is 0 Å². The molecule has 0 radical (unpaired) electrons. The molecule has 0 saturated carbocycles. The fourth-order valence-electron chi connectivity index (χ4n) is 0.827. The Kier molecular flexibility index (Phi) is 4.78. The molecular formula is C9H18N2O. The van der Waals surface area contributed by atoms with E-state index in [1.54, 1.807) is 0 Å². The predicted octanol–water partition coefficient (Wildman–Crippen LogP) is 0.235. The molecule has 12 heavy (non-hydrogen) atoms. The molecule has 0 aromatic heterocycles. The van der Waals surface area contributed by atoms with Gasteiger partial charge in [0.05, 0.1) is 6.54 Å². The summed E-state index contributed by atoms with van der Waals surface area (Å²) >= 11 is 0. The Hall–Kier alpha value is -0.670. The van der Waals surface area contributed by atoms with Gasteiger partial charge in [-0.15, -0.1) is 0 Å². The van der Waals surface area contributed by atoms with Crippen LogP contribution in [0.3, 0.4) is 0 Å². The molecule has 0 aromatic rings. The number of hydrogen-bond donors (Lipinski definition) is 0. The molecule has 3 heteroatoms. The Labute approximate surface area is 74.7 Å². The first-order valence-corrected chi connectivity index (χ1v) is 3.94. The highest BCUT2D eigenvalue weighted by atomic mass is 16.1. The Morgan fingerprint density at radius 1 is 1.33 bits per heavy atom. The third-order valence-electron chi connectivity index (χ3n) is 1.27. The molecule has 0 amide bonds. The van der Waals surface area contributed by atoms with E-state index in [0.29, 0.717) is 6.54 Å². The number of likely N-dealkylation sites (N-methyl/N-ethyl adjacent to an activating group) is 1. The Balaban J connectivity index is 0.000000261. The second-order valence-electron chi connectivity index (χ2n) is 3.54. The molecule has 1 saturated heterocycles. The van der Waals surface area contributed by atoms with E-state index in [2.05, 4.69) is 6.58 Å². The van der Waals surface area contributed by atoms with Gasteiger partial charge < -0.3 is 4.90 Å². The standard InChI is InChI=1S/C6H9NO.C3H9N/c1-5-3-7(2)4-6(5)8;1-4(2)3/h1,3-4H2,2H3;1-3H3. The van der Waals surface area contributed by atoms with Gasteiger partial charge >= 0.3 is 0 Å². The molecule has 1 fully saturated rings. The second kappa shape index (κ2) is 5.06. The van der Waals surface area contributed by atoms with Crippen molar-refractivity contribution in [3.8, 4) is 0 Å². The monoisotopic (exact) mass is 170 g/mol. The van der Waals surface area contributed by atoms with E-state index < -0.39 is 0 Å². The van der Waals surface area contributed by atoms with Gasteiger partial charge in [0.2, 0.25) is 0 Å². The number of carbonyl (C=O) groups excluding carboxylic acids is 1. The van der Waals surface area contributed by atoms with Gasteiger partial charge in [0, 0.05) is 12.1 Å². The quantitative estimate of drug-likeness (QED) is 0.486. The Morgan fingerprint density at radius 3 is 1.83 bits per heavy atom. The summed E-state index contributed by atoms with van der Waals surface area (Å²) in [6.45, 7) is 4.90. The SMILES string of the molecule is C=C1CN(C)CC1=O.CN(C)C. The molecule has 3 nitrogen and oxygen atoms in total. The van der Waals surface area contributed by atoms with Crippen LogP contribution in [0.25, 0.3) is 0 Å². The van der Waals surface area contributed by atoms with Crippen molar-refractivity contribution in [2.45, 2.75) is 0 Å². The number of Topliss-reactive ketones (excluding diaryl/α,β-unsaturated/α-hetero) is 1. The van der Waals surface area contributed by atoms with Gasteiger partial charge in [-0.1, -0.05) is 6.58 Å². The molecule has 0 aliphatic carbocycles. The van der Waals surface area contributed by atoms with Gasteiger partial charge in [-0.05, 0) is 28.2 Å². The van der Waals surface area contributed by atoms with E-state index in [1.165, 1.54) is 0 Å². The number of rotatable bonds is 0. The molecule has 1 aliphatic heterocycles. The van der Waals surface area contributed by atoms with E-state index in [9.17, 15) is 4.79 Å². The van der Waals surface area contributed by atoms with Crippen molar-refractivity contribution in [3.05, 3.63) is 12.2 Å². The van der Waals surface area contributed by atoms with Gasteiger partial charge in [-0.3, -0.25) is 9.69 Å². The van der Waals surface area contributed by atoms with Crippen molar-refractivity contribution in [3.63, 3.8) is 0 Å². The Bertz CT molecular complexity index is 157. The maximum Gasteiger partial charge on any atom is 0.173 e. The van der Waals surface area contributed by atoms with Crippen molar-refractivity contribution in [1.82, 2.24) is 9.80 Å². The van der Waals surface area contributed by atoms with E-state index in [1.807, 2.05) is 38.0 Å². The highest BCUT2D eigenvalue weighted by Gasteiger charge is 2.18. The fourth-order valence-corrected chi connectivity index (χ4v) is 0.827. The molecule has 1 aliphatic rings. The molecule has 0 N–H and O–H groups in total. The van der Waals surface area contributed by atoms with Crippen LogP contribution in [0.5, 0.6) is 0 Å². The summed E-state index contributed by atoms with van der Waals surface area (Å²) in [6, 6.07) is 0. The van der Waals surface area contributed by atoms with Crippen molar-refractivity contribution in [1.29, 1.82) is 0 Å². The largest absolute Gasteiger partial charge is 0.312 e. The fraction of sp³-hybridized carbons (Fsp3) is 0.667. The molecule has 1 rings (SSSR count). The topological polar surface area (TPSA) is 23.6 Å². The molecule has 0 atom stereocenters. The number of carbonyl (C=O) groups is 1. The normalized spacial score (nSPS) is 18.1. The van der Waals surface area contributed by atoms with Crippen LogP contribution >= 0.6 is 0 Å². The summed E-state index contributed by atoms with van der Waals surface area (Å²) in [7, 11) is 7.91. The third-order valence-corrected chi connectivity index (χ3v) is 1.27. The van der Waals surface area contributed by atoms with Crippen LogP contribution in [0.1, 0.15) is 0 Å². The highest BCUT2D eigenvalue weighted by molar-refractivity contribution is 5.98. The highest BCUT2D eigenvalue weighted by Crippen LogP contribution is 2.04. The molecule has 0 bridgehead atoms. The average molecular weight is 170 g/mol. The molecule has 0 aromatic carbocycles. The van der Waals surface area contributed by atoms with E-state index in [4.69, 9.17) is 0 Å². The lowest BCUT2D eigenvalue weighted by molar-refractivity contribution is -0.114. The van der Waals surface area contributed by atoms with Crippen molar-refractivity contribution in [2.24, 2.45) is 0 Å². The molecular weight excluding hydrogens is 152 g/mol. The van der Waals surface area contributed by atoms with E-state index >= 15 is 0 Å². The minimum atomic E-state index is 0.188. The van der Waals surface area contributed by atoms with E-state index in [-0.39, 0.29) is 5.78 Å². The maximum absolute atomic E-state index is 10.6. The first kappa shape index (κ1) is 11.3. The third kappa shape index (κ3) is 5.04. The van der Waals surface area contributed by atoms with Crippen LogP contribution in [0, 0.1) is 0 Å². The average Bonchev–Trinajstić information content (AvgIpc) is 2.08. The minimum Gasteiger partial charge on any atom is -0.312 e. The number of hydrogen-bond acceptors (Lipinski definition) is 3. The lowest BCUT2D eigenvalue weighted by Crippen LogP contribution is -2.13. The van der Waals surface area contributed by atoms with Crippen molar-refractivity contribution < 1.29 is 4.79 Å². The number of likely N-dealkylation sites (tertiary alicyclic amines) is 1. The van der Waals surface area contributed by atoms with Crippen molar-refractivity contribution in [2.75, 3.05) is 41.3 Å². The number of ketones is 1. The van der Waals surface area contributed by atoms with Crippen LogP contribution in [-0.2, 0) is 4.79 Å². The number of nitrogens with zero attached hydrogens (tertiary/aromatic N) is 2. The molecule has 70 valence electrons. The van der Waals surface area contributed by atoms with Gasteiger partial charge in [0.15, 0.2) is 5.78 Å². The zero-order chi connectivity index (χ0) is 9.72. The van der Waals surface area contributed by atoms with Gasteiger partial charge in [-0.25, -0.2) is 0 Å². The summed E-state index contributed by atoms with van der Waals surface area (Å²) in [5.41, 5.74) is 0.743. The smallest absolute Gasteiger partial charge is 0.173 e. The van der Waals surface area contributed by atoms with Crippen LogP contribution in [0.15, 0.2) is 12.2 Å². The van der Waals surface area contributed by atoms with Crippen molar-refractivity contribution >= 4 is 5.78 Å². The molecule has 0 spiro atoms. The van der Waals surface area contributed by atoms with Crippen LogP contribution in [0.4, 0.5) is 0 Å². The molecule has 1 heterocycles. The van der Waals surface area contributed by atoms with Gasteiger partial charge in [0.1, 0.15) is 0 Å². The first-order valence-electron chi connectivity index (χ1n) is 3.94. The predicted molar refractivity (Wildman–Crippen MR) is 51.3 cm³/mol. The second-order valence-corrected chi connectivity index (χ2v) is 3.54. The van der Waals surface area contributed by atoms with Crippen LogP contribution < -0.4 is 0 Å². The minimum absolute atomic E-state index is 0.188. The first-order chi connectivity index (χ1) is 5.43. The Morgan fingerprint density at radius 2 is 1.75 bits per heavy atom. The zero-order valence-corrected chi connectivity index (χ0v) is 8.42. The summed E-state index contributed by atoms with van der Waals surface area (Å²) in [4.78, 5) is 14.6.